The summed E-state index contributed by atoms with van der Waals surface area (Å²) in [6, 6.07) is 0. The molecule has 0 spiro atoms. The molecule has 1 aliphatic heterocycles. The lowest BCUT2D eigenvalue weighted by Gasteiger charge is -2.30. The molecule has 0 bridgehead atoms. The fourth-order valence-corrected chi connectivity index (χ4v) is 8.86. The molecule has 7 atom stereocenters. The number of fused-ring (bicyclic) bond motifs is 1. The summed E-state index contributed by atoms with van der Waals surface area (Å²) in [4.78, 5) is 87.7. The van der Waals surface area contributed by atoms with Crippen molar-refractivity contribution in [3.05, 3.63) is 24.8 Å². The molecule has 0 aromatic carbocycles. The number of thioether (sulfide) groups is 2. The maximum atomic E-state index is 12.7. The smallest absolute Gasteiger partial charge is 0.385 e. The number of aliphatic hydroxyl groups is 2. The third-order valence-corrected chi connectivity index (χ3v) is 12.7. The number of nitrogens with one attached hydrogen (secondary N) is 2. The number of aliphatic hydroxyl groups excluding tert-OH is 2. The van der Waals surface area contributed by atoms with Crippen LogP contribution >= 0.6 is 47.0 Å². The number of anilines is 1. The van der Waals surface area contributed by atoms with Gasteiger partial charge in [-0.25, -0.2) is 28.6 Å². The molecule has 3 rings (SSSR count). The average molecular weight is 910 g/mol. The molecule has 1 aliphatic rings. The Labute approximate surface area is 334 Å². The second-order valence-corrected chi connectivity index (χ2v) is 19.5. The minimum Gasteiger partial charge on any atom is -0.385 e. The van der Waals surface area contributed by atoms with Crippen LogP contribution in [-0.2, 0) is 56.4 Å². The van der Waals surface area contributed by atoms with E-state index in [2.05, 4.69) is 29.9 Å². The molecular formula is C28H46N7O17P3S2. The first-order valence-electron chi connectivity index (χ1n) is 16.7. The zero-order chi connectivity index (χ0) is 42.8. The molecule has 0 radical (unpaired) electrons. The van der Waals surface area contributed by atoms with E-state index < -0.39 is 84.1 Å². The number of phosphoric ester groups is 3. The number of ether oxygens (including phenoxy) is 1. The third-order valence-electron chi connectivity index (χ3n) is 7.90. The SMILES string of the molecule is CCSCC=CC(=O)SCCNC(=O)CCNC(=O)C(O)C(C)(C)COP(=O)(O)OP(=O)(O)OCC1OC(C)(n2cnc3c(N)ncnc32)C(O)C1OP(=O)(O)O. The van der Waals surface area contributed by atoms with E-state index in [9.17, 15) is 57.9 Å². The Morgan fingerprint density at radius 1 is 1.11 bits per heavy atom. The predicted molar refractivity (Wildman–Crippen MR) is 204 cm³/mol. The van der Waals surface area contributed by atoms with Gasteiger partial charge in [0, 0.05) is 36.4 Å². The van der Waals surface area contributed by atoms with Crippen LogP contribution in [-0.4, -0.2) is 134 Å². The molecule has 2 aromatic heterocycles. The molecule has 322 valence electrons. The summed E-state index contributed by atoms with van der Waals surface area (Å²) in [5, 5.41) is 26.5. The Hall–Kier alpha value is -2.35. The van der Waals surface area contributed by atoms with Crippen molar-refractivity contribution < 1.29 is 80.5 Å². The van der Waals surface area contributed by atoms with Gasteiger partial charge in [-0.15, -0.1) is 0 Å². The number of amides is 2. The molecule has 10 N–H and O–H groups in total. The van der Waals surface area contributed by atoms with Gasteiger partial charge in [0.1, 0.15) is 36.3 Å². The molecule has 24 nitrogen and oxygen atoms in total. The molecule has 1 saturated heterocycles. The Morgan fingerprint density at radius 3 is 2.46 bits per heavy atom. The summed E-state index contributed by atoms with van der Waals surface area (Å²) in [6.07, 6.45) is -2.27. The highest BCUT2D eigenvalue weighted by Crippen LogP contribution is 2.61. The molecule has 57 heavy (non-hydrogen) atoms. The number of carbonyl (C=O) groups excluding carboxylic acids is 3. The van der Waals surface area contributed by atoms with Crippen molar-refractivity contribution in [2.45, 2.75) is 64.3 Å². The summed E-state index contributed by atoms with van der Waals surface area (Å²) in [5.41, 5.74) is 2.30. The summed E-state index contributed by atoms with van der Waals surface area (Å²) >= 11 is 2.70. The molecule has 0 aliphatic carbocycles. The van der Waals surface area contributed by atoms with Crippen LogP contribution in [0.15, 0.2) is 24.8 Å². The first-order chi connectivity index (χ1) is 26.4. The quantitative estimate of drug-likeness (QED) is 0.0407. The van der Waals surface area contributed by atoms with Crippen molar-refractivity contribution in [2.24, 2.45) is 5.41 Å². The predicted octanol–water partition coefficient (Wildman–Crippen LogP) is 0.148. The Balaban J connectivity index is 1.51. The van der Waals surface area contributed by atoms with Crippen molar-refractivity contribution in [3.63, 3.8) is 0 Å². The Kier molecular flexibility index (Phi) is 17.8. The van der Waals surface area contributed by atoms with Crippen LogP contribution in [0.4, 0.5) is 5.82 Å². The van der Waals surface area contributed by atoms with Gasteiger partial charge in [0.05, 0.1) is 19.5 Å². The summed E-state index contributed by atoms with van der Waals surface area (Å²) in [7, 11) is -16.5. The van der Waals surface area contributed by atoms with E-state index >= 15 is 0 Å². The third kappa shape index (κ3) is 14.7. The number of nitrogens with zero attached hydrogens (tertiary/aromatic N) is 4. The van der Waals surface area contributed by atoms with E-state index in [-0.39, 0.29) is 41.6 Å². The van der Waals surface area contributed by atoms with Gasteiger partial charge in [-0.1, -0.05) is 38.6 Å². The molecule has 2 aromatic rings. The zero-order valence-electron chi connectivity index (χ0n) is 31.0. The standard InChI is InChI=1S/C28H46N7O17P3S2/c1-5-56-11-6-7-19(37)57-12-10-30-18(36)8-9-31-26(40)23(39)27(2,3)14-49-55(46,47)52-54(44,45)48-13-17-21(51-53(41,42)43)22(38)28(4,50-17)35-16-34-20-24(29)32-15-33-25(20)35/h6-7,15-17,21-23,38-39H,5,8-14H2,1-4H3,(H,30,36)(H,31,40)(H,44,45)(H,46,47)(H2,29,32,33)(H2,41,42,43). The van der Waals surface area contributed by atoms with Gasteiger partial charge in [0.2, 0.25) is 16.9 Å². The van der Waals surface area contributed by atoms with Crippen LogP contribution in [0.25, 0.3) is 11.2 Å². The number of rotatable bonds is 23. The van der Waals surface area contributed by atoms with E-state index in [1.165, 1.54) is 26.8 Å². The highest BCUT2D eigenvalue weighted by molar-refractivity contribution is 8.14. The maximum absolute atomic E-state index is 12.7. The topological polar surface area (TPSA) is 364 Å². The van der Waals surface area contributed by atoms with Gasteiger partial charge < -0.3 is 50.9 Å². The number of phosphoric acid groups is 3. The second kappa shape index (κ2) is 20.8. The first-order valence-corrected chi connectivity index (χ1v) is 23.4. The second-order valence-electron chi connectivity index (χ2n) is 12.9. The lowest BCUT2D eigenvalue weighted by Crippen LogP contribution is -2.46. The van der Waals surface area contributed by atoms with Crippen LogP contribution in [0.5, 0.6) is 0 Å². The summed E-state index contributed by atoms with van der Waals surface area (Å²) in [5.74, 6) is 0.522. The van der Waals surface area contributed by atoms with Gasteiger partial charge in [-0.3, -0.25) is 32.5 Å². The highest BCUT2D eigenvalue weighted by Gasteiger charge is 2.57. The number of carbonyl (C=O) groups is 3. The number of imidazole rings is 1. The maximum Gasteiger partial charge on any atom is 0.481 e. The van der Waals surface area contributed by atoms with Crippen LogP contribution in [0.2, 0.25) is 0 Å². The summed E-state index contributed by atoms with van der Waals surface area (Å²) < 4.78 is 62.7. The number of nitrogen functional groups attached to an aromatic ring is 1. The normalized spacial score (nSPS) is 22.9. The largest absolute Gasteiger partial charge is 0.481 e. The fourth-order valence-electron chi connectivity index (χ4n) is 4.97. The van der Waals surface area contributed by atoms with Crippen molar-refractivity contribution in [1.82, 2.24) is 30.2 Å². The average Bonchev–Trinajstić information content (AvgIpc) is 3.66. The van der Waals surface area contributed by atoms with Crippen molar-refractivity contribution in [2.75, 3.05) is 49.3 Å². The van der Waals surface area contributed by atoms with Crippen LogP contribution < -0.4 is 16.4 Å². The van der Waals surface area contributed by atoms with E-state index in [0.29, 0.717) is 5.75 Å². The van der Waals surface area contributed by atoms with Gasteiger partial charge in [-0.05, 0) is 18.8 Å². The molecule has 7 unspecified atom stereocenters. The lowest BCUT2D eigenvalue weighted by atomic mass is 9.87. The van der Waals surface area contributed by atoms with E-state index in [1.54, 1.807) is 17.8 Å². The van der Waals surface area contributed by atoms with E-state index in [0.717, 1.165) is 40.5 Å². The van der Waals surface area contributed by atoms with E-state index in [4.69, 9.17) is 24.0 Å². The number of hydrogen-bond acceptors (Lipinski definition) is 19. The van der Waals surface area contributed by atoms with Crippen LogP contribution in [0.1, 0.15) is 34.1 Å². The van der Waals surface area contributed by atoms with Crippen molar-refractivity contribution in [3.8, 4) is 0 Å². The Morgan fingerprint density at radius 2 is 1.79 bits per heavy atom. The van der Waals surface area contributed by atoms with Gasteiger partial charge in [0.25, 0.3) is 0 Å². The minimum absolute atomic E-state index is 0.0188. The van der Waals surface area contributed by atoms with Gasteiger partial charge >= 0.3 is 23.5 Å². The molecule has 1 fully saturated rings. The number of hydrogen-bond donors (Lipinski definition) is 9. The molecule has 3 heterocycles. The summed E-state index contributed by atoms with van der Waals surface area (Å²) in [6.45, 7) is 3.71. The Bertz CT molecular complexity index is 1900. The van der Waals surface area contributed by atoms with Gasteiger partial charge in [-0.2, -0.15) is 16.1 Å². The minimum atomic E-state index is -5.59. The lowest BCUT2D eigenvalue weighted by molar-refractivity contribution is -0.137. The zero-order valence-corrected chi connectivity index (χ0v) is 35.3. The van der Waals surface area contributed by atoms with Crippen LogP contribution in [0, 0.1) is 5.41 Å². The number of nitrogens with two attached hydrogens (primary N) is 1. The van der Waals surface area contributed by atoms with Crippen molar-refractivity contribution >= 4 is 80.9 Å². The molecular weight excluding hydrogens is 863 g/mol. The first kappa shape index (κ1) is 49.0. The van der Waals surface area contributed by atoms with Gasteiger partial charge in [0.15, 0.2) is 17.2 Å². The van der Waals surface area contributed by atoms with E-state index in [1.807, 2.05) is 6.92 Å². The fraction of sp³-hybridized carbons (Fsp3) is 0.643. The monoisotopic (exact) mass is 909 g/mol. The highest BCUT2D eigenvalue weighted by atomic mass is 32.2. The molecule has 0 saturated carbocycles. The van der Waals surface area contributed by atoms with Crippen molar-refractivity contribution in [1.29, 1.82) is 0 Å². The molecule has 2 amide bonds. The number of aromatic nitrogens is 4. The van der Waals surface area contributed by atoms with Crippen LogP contribution in [0.3, 0.4) is 0 Å². The molecule has 29 heteroatoms.